The predicted molar refractivity (Wildman–Crippen MR) is 65.8 cm³/mol. The number of benzene rings is 1. The van der Waals surface area contributed by atoms with E-state index in [9.17, 15) is 9.90 Å². The first-order chi connectivity index (χ1) is 7.88. The fourth-order valence-electron chi connectivity index (χ4n) is 1.81. The van der Waals surface area contributed by atoms with Gasteiger partial charge in [-0.1, -0.05) is 26.8 Å². The third-order valence-electron chi connectivity index (χ3n) is 2.86. The van der Waals surface area contributed by atoms with E-state index in [1.165, 1.54) is 0 Å². The molecule has 3 nitrogen and oxygen atoms in total. The van der Waals surface area contributed by atoms with Crippen molar-refractivity contribution in [2.75, 3.05) is 0 Å². The smallest absolute Gasteiger partial charge is 0.336 e. The van der Waals surface area contributed by atoms with Crippen LogP contribution < -0.4 is 4.74 Å². The Morgan fingerprint density at radius 2 is 2.00 bits per heavy atom. The summed E-state index contributed by atoms with van der Waals surface area (Å²) in [6.07, 6.45) is 2.43. The summed E-state index contributed by atoms with van der Waals surface area (Å²) in [5, 5.41) is 9.25. The quantitative estimate of drug-likeness (QED) is 0.873. The van der Waals surface area contributed by atoms with E-state index in [1.807, 2.05) is 32.9 Å². The van der Waals surface area contributed by atoms with E-state index < -0.39 is 5.97 Å². The zero-order chi connectivity index (χ0) is 12.6. The minimum Gasteiger partial charge on any atom is -0.490 e. The van der Waals surface area contributed by atoms with Gasteiger partial charge >= 0.3 is 5.97 Å². The minimum atomic E-state index is -0.892. The van der Waals surface area contributed by atoms with Gasteiger partial charge in [0.25, 0.3) is 0 Å². The minimum absolute atomic E-state index is 0.175. The van der Waals surface area contributed by atoms with Gasteiger partial charge in [0.2, 0.25) is 0 Å². The van der Waals surface area contributed by atoms with Gasteiger partial charge in [-0.05, 0) is 36.0 Å². The molecule has 1 aliphatic carbocycles. The maximum atomic E-state index is 11.3. The Labute approximate surface area is 101 Å². The van der Waals surface area contributed by atoms with Gasteiger partial charge in [-0.2, -0.15) is 0 Å². The molecular weight excluding hydrogens is 216 g/mol. The van der Waals surface area contributed by atoms with Crippen LogP contribution in [0.4, 0.5) is 0 Å². The van der Waals surface area contributed by atoms with Gasteiger partial charge < -0.3 is 9.84 Å². The van der Waals surface area contributed by atoms with Crippen molar-refractivity contribution in [1.29, 1.82) is 0 Å². The van der Waals surface area contributed by atoms with Crippen LogP contribution in [0.1, 0.15) is 49.5 Å². The van der Waals surface area contributed by atoms with Crippen LogP contribution in [0.5, 0.6) is 5.75 Å². The lowest BCUT2D eigenvalue weighted by molar-refractivity contribution is 0.0693. The molecule has 0 spiro atoms. The van der Waals surface area contributed by atoms with Gasteiger partial charge in [0.05, 0.1) is 11.7 Å². The second-order valence-electron chi connectivity index (χ2n) is 5.58. The molecule has 0 saturated heterocycles. The molecule has 2 rings (SSSR count). The fourth-order valence-corrected chi connectivity index (χ4v) is 1.81. The van der Waals surface area contributed by atoms with E-state index in [0.29, 0.717) is 11.3 Å². The molecule has 92 valence electrons. The molecule has 17 heavy (non-hydrogen) atoms. The largest absolute Gasteiger partial charge is 0.490 e. The van der Waals surface area contributed by atoms with E-state index in [2.05, 4.69) is 0 Å². The Bertz CT molecular complexity index is 439. The number of hydrogen-bond acceptors (Lipinski definition) is 2. The van der Waals surface area contributed by atoms with Gasteiger partial charge in [0, 0.05) is 0 Å². The molecule has 0 amide bonds. The van der Waals surface area contributed by atoms with Gasteiger partial charge in [-0.15, -0.1) is 0 Å². The maximum absolute atomic E-state index is 11.3. The molecule has 1 aromatic rings. The molecule has 0 bridgehead atoms. The summed E-state index contributed by atoms with van der Waals surface area (Å²) >= 11 is 0. The first kappa shape index (κ1) is 12.0. The first-order valence-electron chi connectivity index (χ1n) is 5.92. The molecule has 1 saturated carbocycles. The number of carboxylic acid groups (broad SMARTS) is 1. The highest BCUT2D eigenvalue weighted by atomic mass is 16.5. The standard InChI is InChI=1S/C14H18O3/c1-14(2,3)12-7-6-10(17-9-4-5-9)8-11(12)13(15)16/h6-9H,4-5H2,1-3H3,(H,15,16). The highest BCUT2D eigenvalue weighted by Crippen LogP contribution is 2.32. The Morgan fingerprint density at radius 1 is 1.35 bits per heavy atom. The lowest BCUT2D eigenvalue weighted by Gasteiger charge is -2.22. The molecule has 3 heteroatoms. The van der Waals surface area contributed by atoms with E-state index in [4.69, 9.17) is 4.74 Å². The summed E-state index contributed by atoms with van der Waals surface area (Å²) in [4.78, 5) is 11.3. The lowest BCUT2D eigenvalue weighted by Crippen LogP contribution is -2.17. The predicted octanol–water partition coefficient (Wildman–Crippen LogP) is 3.22. The SMILES string of the molecule is CC(C)(C)c1ccc(OC2CC2)cc1C(=O)O. The van der Waals surface area contributed by atoms with Crippen molar-refractivity contribution in [3.63, 3.8) is 0 Å². The van der Waals surface area contributed by atoms with Gasteiger partial charge in [-0.25, -0.2) is 4.79 Å². The molecule has 0 atom stereocenters. The molecular formula is C14H18O3. The lowest BCUT2D eigenvalue weighted by atomic mass is 9.83. The third-order valence-corrected chi connectivity index (χ3v) is 2.86. The average Bonchev–Trinajstić information content (AvgIpc) is 2.99. The van der Waals surface area contributed by atoms with Crippen molar-refractivity contribution in [2.45, 2.75) is 45.1 Å². The molecule has 1 N–H and O–H groups in total. The van der Waals surface area contributed by atoms with Crippen LogP contribution in [-0.4, -0.2) is 17.2 Å². The number of carbonyl (C=O) groups is 1. The summed E-state index contributed by atoms with van der Waals surface area (Å²) in [5.74, 6) is -0.228. The second kappa shape index (κ2) is 4.06. The molecule has 1 fully saturated rings. The topological polar surface area (TPSA) is 46.5 Å². The van der Waals surface area contributed by atoms with Crippen molar-refractivity contribution >= 4 is 5.97 Å². The Morgan fingerprint density at radius 3 is 2.47 bits per heavy atom. The molecule has 0 radical (unpaired) electrons. The van der Waals surface area contributed by atoms with Crippen LogP contribution in [0.2, 0.25) is 0 Å². The molecule has 0 unspecified atom stereocenters. The van der Waals surface area contributed by atoms with Crippen molar-refractivity contribution in [3.8, 4) is 5.75 Å². The fraction of sp³-hybridized carbons (Fsp3) is 0.500. The van der Waals surface area contributed by atoms with Crippen LogP contribution in [-0.2, 0) is 5.41 Å². The van der Waals surface area contributed by atoms with E-state index in [-0.39, 0.29) is 11.5 Å². The number of ether oxygens (including phenoxy) is 1. The van der Waals surface area contributed by atoms with Crippen molar-refractivity contribution in [3.05, 3.63) is 29.3 Å². The molecule has 1 aromatic carbocycles. The van der Waals surface area contributed by atoms with E-state index in [1.54, 1.807) is 6.07 Å². The highest BCUT2D eigenvalue weighted by Gasteiger charge is 2.26. The maximum Gasteiger partial charge on any atom is 0.336 e. The van der Waals surface area contributed by atoms with Gasteiger partial charge in [0.1, 0.15) is 5.75 Å². The van der Waals surface area contributed by atoms with Gasteiger partial charge in [-0.3, -0.25) is 0 Å². The molecule has 0 aliphatic heterocycles. The van der Waals surface area contributed by atoms with Crippen LogP contribution >= 0.6 is 0 Å². The average molecular weight is 234 g/mol. The van der Waals surface area contributed by atoms with E-state index >= 15 is 0 Å². The second-order valence-corrected chi connectivity index (χ2v) is 5.58. The van der Waals surface area contributed by atoms with Crippen LogP contribution in [0.15, 0.2) is 18.2 Å². The molecule has 1 aliphatic rings. The highest BCUT2D eigenvalue weighted by molar-refractivity contribution is 5.90. The number of rotatable bonds is 3. The third kappa shape index (κ3) is 2.78. The summed E-state index contributed by atoms with van der Waals surface area (Å²) in [6.45, 7) is 6.03. The number of aromatic carboxylic acids is 1. The van der Waals surface area contributed by atoms with Crippen LogP contribution in [0.25, 0.3) is 0 Å². The Balaban J connectivity index is 2.36. The molecule has 0 heterocycles. The van der Waals surface area contributed by atoms with Crippen LogP contribution in [0, 0.1) is 0 Å². The summed E-state index contributed by atoms with van der Waals surface area (Å²) in [6, 6.07) is 5.37. The summed E-state index contributed by atoms with van der Waals surface area (Å²) < 4.78 is 5.62. The summed E-state index contributed by atoms with van der Waals surface area (Å²) in [7, 11) is 0. The number of hydrogen-bond donors (Lipinski definition) is 1. The first-order valence-corrected chi connectivity index (χ1v) is 5.92. The van der Waals surface area contributed by atoms with Crippen molar-refractivity contribution < 1.29 is 14.6 Å². The Hall–Kier alpha value is -1.51. The van der Waals surface area contributed by atoms with E-state index in [0.717, 1.165) is 18.4 Å². The summed E-state index contributed by atoms with van der Waals surface area (Å²) in [5.41, 5.74) is 1.01. The zero-order valence-electron chi connectivity index (χ0n) is 10.5. The van der Waals surface area contributed by atoms with Crippen molar-refractivity contribution in [1.82, 2.24) is 0 Å². The van der Waals surface area contributed by atoms with Crippen molar-refractivity contribution in [2.24, 2.45) is 0 Å². The zero-order valence-corrected chi connectivity index (χ0v) is 10.5. The Kier molecular flexibility index (Phi) is 2.86. The normalized spacial score (nSPS) is 15.7. The monoisotopic (exact) mass is 234 g/mol. The van der Waals surface area contributed by atoms with Gasteiger partial charge in [0.15, 0.2) is 0 Å². The number of carboxylic acids is 1. The molecule has 0 aromatic heterocycles. The van der Waals surface area contributed by atoms with Crippen LogP contribution in [0.3, 0.4) is 0 Å².